The first-order valence-electron chi connectivity index (χ1n) is 10.3. The quantitative estimate of drug-likeness (QED) is 0.671. The van der Waals surface area contributed by atoms with Crippen LogP contribution in [-0.2, 0) is 11.0 Å². The minimum atomic E-state index is -4.66. The van der Waals surface area contributed by atoms with Gasteiger partial charge < -0.3 is 10.2 Å². The summed E-state index contributed by atoms with van der Waals surface area (Å²) in [5.74, 6) is -1.78. The highest BCUT2D eigenvalue weighted by molar-refractivity contribution is 6.02. The smallest absolute Gasteiger partial charge is 0.323 e. The second-order valence-corrected chi connectivity index (χ2v) is 8.12. The van der Waals surface area contributed by atoms with E-state index in [2.05, 4.69) is 5.32 Å². The molecule has 0 bridgehead atoms. The number of hydrogen-bond acceptors (Lipinski definition) is 2. The van der Waals surface area contributed by atoms with E-state index < -0.39 is 35.2 Å². The highest BCUT2D eigenvalue weighted by Gasteiger charge is 2.47. The molecule has 2 fully saturated rings. The van der Waals surface area contributed by atoms with E-state index in [-0.39, 0.29) is 17.9 Å². The molecule has 1 saturated carbocycles. The van der Waals surface area contributed by atoms with Gasteiger partial charge in [-0.2, -0.15) is 13.2 Å². The molecular formula is C23H22F4N2O2. The zero-order valence-corrected chi connectivity index (χ0v) is 16.7. The molecule has 0 radical (unpaired) electrons. The van der Waals surface area contributed by atoms with Gasteiger partial charge in [0.25, 0.3) is 5.91 Å². The maximum atomic E-state index is 14.2. The van der Waals surface area contributed by atoms with Gasteiger partial charge >= 0.3 is 6.18 Å². The highest BCUT2D eigenvalue weighted by atomic mass is 19.4. The molecule has 0 unspecified atom stereocenters. The van der Waals surface area contributed by atoms with E-state index >= 15 is 0 Å². The van der Waals surface area contributed by atoms with Crippen LogP contribution in [0.25, 0.3) is 0 Å². The zero-order chi connectivity index (χ0) is 22.2. The summed E-state index contributed by atoms with van der Waals surface area (Å²) in [5, 5.41) is 2.30. The third kappa shape index (κ3) is 4.29. The van der Waals surface area contributed by atoms with E-state index in [4.69, 9.17) is 0 Å². The molecule has 2 amide bonds. The SMILES string of the molecule is O=C(Nc1cc(C(F)(F)F)ccc1F)[C@@H]1C[C@@H]2CCCC[C@H]2N1C(=O)c1ccccc1. The topological polar surface area (TPSA) is 49.4 Å². The molecule has 4 rings (SSSR count). The van der Waals surface area contributed by atoms with Crippen LogP contribution in [0.2, 0.25) is 0 Å². The molecule has 31 heavy (non-hydrogen) atoms. The Morgan fingerprint density at radius 3 is 2.42 bits per heavy atom. The van der Waals surface area contributed by atoms with Crippen LogP contribution >= 0.6 is 0 Å². The molecular weight excluding hydrogens is 412 g/mol. The highest BCUT2D eigenvalue weighted by Crippen LogP contribution is 2.41. The zero-order valence-electron chi connectivity index (χ0n) is 16.7. The van der Waals surface area contributed by atoms with Gasteiger partial charge in [0.2, 0.25) is 5.91 Å². The van der Waals surface area contributed by atoms with Gasteiger partial charge in [-0.15, -0.1) is 0 Å². The number of rotatable bonds is 3. The number of fused-ring (bicyclic) bond motifs is 1. The van der Waals surface area contributed by atoms with Gasteiger partial charge in [-0.05, 0) is 55.5 Å². The third-order valence-corrected chi connectivity index (χ3v) is 6.20. The van der Waals surface area contributed by atoms with Crippen LogP contribution in [0.15, 0.2) is 48.5 Å². The lowest BCUT2D eigenvalue weighted by atomic mass is 9.84. The lowest BCUT2D eigenvalue weighted by Gasteiger charge is -2.33. The van der Waals surface area contributed by atoms with Crippen molar-refractivity contribution in [1.29, 1.82) is 0 Å². The summed E-state index contributed by atoms with van der Waals surface area (Å²) in [6, 6.07) is 9.49. The summed E-state index contributed by atoms with van der Waals surface area (Å²) in [4.78, 5) is 27.9. The molecule has 1 aliphatic carbocycles. The monoisotopic (exact) mass is 434 g/mol. The molecule has 164 valence electrons. The van der Waals surface area contributed by atoms with Crippen molar-refractivity contribution in [3.8, 4) is 0 Å². The molecule has 1 N–H and O–H groups in total. The Balaban J connectivity index is 1.62. The fourth-order valence-corrected chi connectivity index (χ4v) is 4.73. The van der Waals surface area contributed by atoms with Crippen LogP contribution in [0.4, 0.5) is 23.2 Å². The average molecular weight is 434 g/mol. The van der Waals surface area contributed by atoms with E-state index in [0.29, 0.717) is 30.2 Å². The summed E-state index contributed by atoms with van der Waals surface area (Å²) in [6.45, 7) is 0. The first-order chi connectivity index (χ1) is 14.8. The Bertz CT molecular complexity index is 977. The molecule has 8 heteroatoms. The predicted octanol–water partition coefficient (Wildman–Crippen LogP) is 5.26. The molecule has 0 spiro atoms. The van der Waals surface area contributed by atoms with Crippen LogP contribution < -0.4 is 5.32 Å². The number of halogens is 4. The van der Waals surface area contributed by atoms with Crippen molar-refractivity contribution in [1.82, 2.24) is 4.90 Å². The number of alkyl halides is 3. The van der Waals surface area contributed by atoms with Crippen molar-refractivity contribution in [3.05, 3.63) is 65.5 Å². The van der Waals surface area contributed by atoms with Gasteiger partial charge in [0.15, 0.2) is 0 Å². The van der Waals surface area contributed by atoms with Crippen LogP contribution in [0, 0.1) is 11.7 Å². The summed E-state index contributed by atoms with van der Waals surface area (Å²) in [7, 11) is 0. The van der Waals surface area contributed by atoms with Crippen molar-refractivity contribution in [2.24, 2.45) is 5.92 Å². The number of anilines is 1. The van der Waals surface area contributed by atoms with Gasteiger partial charge in [-0.1, -0.05) is 31.0 Å². The minimum absolute atomic E-state index is 0.108. The molecule has 0 aromatic heterocycles. The largest absolute Gasteiger partial charge is 0.416 e. The Kier molecular flexibility index (Phi) is 5.73. The van der Waals surface area contributed by atoms with Crippen LogP contribution in [-0.4, -0.2) is 28.8 Å². The first kappa shape index (κ1) is 21.3. The number of benzene rings is 2. The standard InChI is InChI=1S/C23H22F4N2O2/c24-17-11-10-16(23(25,26)27)13-18(17)28-21(30)20-12-15-8-4-5-9-19(15)29(20)22(31)14-6-2-1-3-7-14/h1-3,6-7,10-11,13,15,19-20H,4-5,8-9,12H2,(H,28,30)/t15-,19+,20-/m0/s1. The molecule has 2 aliphatic rings. The average Bonchev–Trinajstić information content (AvgIpc) is 3.14. The summed E-state index contributed by atoms with van der Waals surface area (Å²) in [5.41, 5.74) is -1.15. The number of nitrogens with zero attached hydrogens (tertiary/aromatic N) is 1. The van der Waals surface area contributed by atoms with Gasteiger partial charge in [-0.25, -0.2) is 4.39 Å². The Hall–Kier alpha value is -2.90. The number of likely N-dealkylation sites (tertiary alicyclic amines) is 1. The summed E-state index contributed by atoms with van der Waals surface area (Å²) >= 11 is 0. The van der Waals surface area contributed by atoms with E-state index in [9.17, 15) is 27.2 Å². The van der Waals surface area contributed by atoms with E-state index in [1.165, 1.54) is 0 Å². The normalized spacial score (nSPS) is 23.4. The molecule has 2 aromatic rings. The van der Waals surface area contributed by atoms with E-state index in [0.717, 1.165) is 25.7 Å². The molecule has 1 heterocycles. The number of hydrogen-bond donors (Lipinski definition) is 1. The lowest BCUT2D eigenvalue weighted by molar-refractivity contribution is -0.137. The maximum Gasteiger partial charge on any atom is 0.416 e. The van der Waals surface area contributed by atoms with Crippen molar-refractivity contribution >= 4 is 17.5 Å². The van der Waals surface area contributed by atoms with Crippen LogP contribution in [0.3, 0.4) is 0 Å². The Morgan fingerprint density at radius 2 is 1.71 bits per heavy atom. The number of nitrogens with one attached hydrogen (secondary N) is 1. The third-order valence-electron chi connectivity index (χ3n) is 6.20. The molecule has 1 saturated heterocycles. The Morgan fingerprint density at radius 1 is 1.00 bits per heavy atom. The van der Waals surface area contributed by atoms with Crippen molar-refractivity contribution in [3.63, 3.8) is 0 Å². The minimum Gasteiger partial charge on any atom is -0.323 e. The second-order valence-electron chi connectivity index (χ2n) is 8.12. The fourth-order valence-electron chi connectivity index (χ4n) is 4.73. The maximum absolute atomic E-state index is 14.2. The second kappa shape index (κ2) is 8.32. The van der Waals surface area contributed by atoms with E-state index in [1.807, 2.05) is 0 Å². The summed E-state index contributed by atoms with van der Waals surface area (Å²) in [6.07, 6.45) is -0.655. The molecule has 3 atom stereocenters. The van der Waals surface area contributed by atoms with Crippen molar-refractivity contribution in [2.75, 3.05) is 5.32 Å². The van der Waals surface area contributed by atoms with Gasteiger partial charge in [0.1, 0.15) is 11.9 Å². The van der Waals surface area contributed by atoms with Crippen LogP contribution in [0.5, 0.6) is 0 Å². The number of amides is 2. The number of carbonyl (C=O) groups excluding carboxylic acids is 2. The van der Waals surface area contributed by atoms with Crippen molar-refractivity contribution < 1.29 is 27.2 Å². The van der Waals surface area contributed by atoms with Gasteiger partial charge in [0.05, 0.1) is 11.3 Å². The number of carbonyl (C=O) groups is 2. The molecule has 4 nitrogen and oxygen atoms in total. The van der Waals surface area contributed by atoms with Gasteiger partial charge in [-0.3, -0.25) is 9.59 Å². The lowest BCUT2D eigenvalue weighted by Crippen LogP contribution is -2.47. The van der Waals surface area contributed by atoms with Crippen LogP contribution in [0.1, 0.15) is 48.0 Å². The Labute approximate surface area is 177 Å². The molecule has 2 aromatic carbocycles. The van der Waals surface area contributed by atoms with Crippen molar-refractivity contribution in [2.45, 2.75) is 50.4 Å². The summed E-state index contributed by atoms with van der Waals surface area (Å²) < 4.78 is 53.2. The first-order valence-corrected chi connectivity index (χ1v) is 10.3. The molecule has 1 aliphatic heterocycles. The van der Waals surface area contributed by atoms with Gasteiger partial charge in [0, 0.05) is 11.6 Å². The predicted molar refractivity (Wildman–Crippen MR) is 107 cm³/mol. The van der Waals surface area contributed by atoms with E-state index in [1.54, 1.807) is 35.2 Å². The fraction of sp³-hybridized carbons (Fsp3) is 0.391.